The molecule has 3 rings (SSSR count). The minimum Gasteiger partial charge on any atom is -0.410 e. The van der Waals surface area contributed by atoms with Gasteiger partial charge in [-0.25, -0.2) is 13.6 Å². The fourth-order valence-electron chi connectivity index (χ4n) is 3.48. The van der Waals surface area contributed by atoms with Gasteiger partial charge >= 0.3 is 6.09 Å². The normalized spacial score (nSPS) is 25.9. The summed E-state index contributed by atoms with van der Waals surface area (Å²) in [5.41, 5.74) is 0. The van der Waals surface area contributed by atoms with Crippen LogP contribution in [-0.4, -0.2) is 53.4 Å². The third kappa shape index (κ3) is 4.44. The number of alkyl halides is 2. The highest BCUT2D eigenvalue weighted by molar-refractivity contribution is 6.30. The van der Waals surface area contributed by atoms with Crippen molar-refractivity contribution >= 4 is 23.6 Å². The number of piperidine rings is 2. The minimum absolute atomic E-state index is 0.0438. The van der Waals surface area contributed by atoms with Crippen LogP contribution in [0.5, 0.6) is 5.75 Å². The maximum Gasteiger partial charge on any atom is 0.415 e. The van der Waals surface area contributed by atoms with Crippen LogP contribution in [0.2, 0.25) is 5.02 Å². The van der Waals surface area contributed by atoms with Gasteiger partial charge in [0.05, 0.1) is 12.6 Å². The van der Waals surface area contributed by atoms with E-state index in [1.807, 2.05) is 6.92 Å². The summed E-state index contributed by atoms with van der Waals surface area (Å²) in [5.74, 6) is -2.70. The predicted octanol–water partition coefficient (Wildman–Crippen LogP) is 3.81. The van der Waals surface area contributed by atoms with Crippen LogP contribution >= 0.6 is 11.6 Å². The third-order valence-corrected chi connectivity index (χ3v) is 5.06. The van der Waals surface area contributed by atoms with Crippen molar-refractivity contribution in [2.75, 3.05) is 19.6 Å². The van der Waals surface area contributed by atoms with E-state index < -0.39 is 31.0 Å². The van der Waals surface area contributed by atoms with Crippen molar-refractivity contribution in [3.05, 3.63) is 29.3 Å². The Bertz CT molecular complexity index is 684. The van der Waals surface area contributed by atoms with Gasteiger partial charge in [0.2, 0.25) is 5.91 Å². The van der Waals surface area contributed by atoms with Crippen molar-refractivity contribution in [3.8, 4) is 5.75 Å². The molecule has 0 bridgehead atoms. The Morgan fingerprint density at radius 1 is 1.31 bits per heavy atom. The number of nitrogens with zero attached hydrogens (tertiary/aromatic N) is 2. The van der Waals surface area contributed by atoms with Gasteiger partial charge in [0.25, 0.3) is 5.92 Å². The highest BCUT2D eigenvalue weighted by atomic mass is 35.5. The number of amides is 2. The molecule has 2 amide bonds. The van der Waals surface area contributed by atoms with Crippen molar-refractivity contribution in [2.24, 2.45) is 5.92 Å². The van der Waals surface area contributed by atoms with Crippen LogP contribution < -0.4 is 4.74 Å². The first-order chi connectivity index (χ1) is 12.2. The second-order valence-electron chi connectivity index (χ2n) is 7.10. The Labute approximate surface area is 155 Å². The summed E-state index contributed by atoms with van der Waals surface area (Å²) in [4.78, 5) is 27.1. The summed E-state index contributed by atoms with van der Waals surface area (Å²) in [6.45, 7) is 1.75. The zero-order valence-electron chi connectivity index (χ0n) is 14.5. The molecule has 0 radical (unpaired) electrons. The summed E-state index contributed by atoms with van der Waals surface area (Å²) in [6, 6.07) is 5.39. The van der Waals surface area contributed by atoms with Gasteiger partial charge < -0.3 is 9.64 Å². The van der Waals surface area contributed by atoms with E-state index in [1.165, 1.54) is 17.0 Å². The molecule has 2 fully saturated rings. The van der Waals surface area contributed by atoms with E-state index in [4.69, 9.17) is 16.3 Å². The van der Waals surface area contributed by atoms with Gasteiger partial charge in [0, 0.05) is 31.0 Å². The lowest BCUT2D eigenvalue weighted by Gasteiger charge is -2.44. The molecular formula is C18H21ClF2N2O3. The van der Waals surface area contributed by atoms with Crippen molar-refractivity contribution in [3.63, 3.8) is 0 Å². The molecule has 1 aromatic rings. The Morgan fingerprint density at radius 2 is 2.00 bits per heavy atom. The molecule has 0 saturated carbocycles. The topological polar surface area (TPSA) is 49.9 Å². The second-order valence-corrected chi connectivity index (χ2v) is 7.54. The monoisotopic (exact) mass is 386 g/mol. The number of halogens is 3. The lowest BCUT2D eigenvalue weighted by Crippen LogP contribution is -2.59. The number of benzene rings is 1. The van der Waals surface area contributed by atoms with Gasteiger partial charge in [-0.2, -0.15) is 0 Å². The van der Waals surface area contributed by atoms with Crippen molar-refractivity contribution in [1.29, 1.82) is 0 Å². The lowest BCUT2D eigenvalue weighted by atomic mass is 9.94. The quantitative estimate of drug-likeness (QED) is 0.776. The maximum atomic E-state index is 14.2. The Kier molecular flexibility index (Phi) is 5.37. The molecule has 2 heterocycles. The van der Waals surface area contributed by atoms with E-state index in [-0.39, 0.29) is 24.1 Å². The van der Waals surface area contributed by atoms with E-state index in [9.17, 15) is 18.4 Å². The molecule has 0 aliphatic carbocycles. The number of carbonyl (C=O) groups is 2. The van der Waals surface area contributed by atoms with E-state index in [1.54, 1.807) is 12.1 Å². The van der Waals surface area contributed by atoms with Crippen molar-refractivity contribution < 1.29 is 23.1 Å². The first kappa shape index (κ1) is 18.9. The highest BCUT2D eigenvalue weighted by Gasteiger charge is 2.46. The van der Waals surface area contributed by atoms with Crippen LogP contribution in [-0.2, 0) is 4.79 Å². The van der Waals surface area contributed by atoms with Crippen LogP contribution in [0, 0.1) is 5.92 Å². The molecular weight excluding hydrogens is 366 g/mol. The molecule has 0 N–H and O–H groups in total. The van der Waals surface area contributed by atoms with Crippen molar-refractivity contribution in [2.45, 2.75) is 38.2 Å². The number of likely N-dealkylation sites (tertiary alicyclic amines) is 2. The molecule has 0 spiro atoms. The summed E-state index contributed by atoms with van der Waals surface area (Å²) >= 11 is 5.78. The third-order valence-electron chi connectivity index (χ3n) is 4.81. The first-order valence-electron chi connectivity index (χ1n) is 8.63. The number of hydrogen-bond acceptors (Lipinski definition) is 3. The summed E-state index contributed by atoms with van der Waals surface area (Å²) < 4.78 is 33.6. The van der Waals surface area contributed by atoms with Crippen molar-refractivity contribution in [1.82, 2.24) is 9.80 Å². The lowest BCUT2D eigenvalue weighted by molar-refractivity contribution is -0.144. The van der Waals surface area contributed by atoms with Crippen LogP contribution in [0.15, 0.2) is 24.3 Å². The van der Waals surface area contributed by atoms with Gasteiger partial charge in [-0.05, 0) is 36.6 Å². The Hall–Kier alpha value is -1.89. The molecule has 8 heteroatoms. The number of ether oxygens (including phenoxy) is 1. The zero-order chi connectivity index (χ0) is 18.9. The molecule has 0 aromatic heterocycles. The maximum absolute atomic E-state index is 14.2. The van der Waals surface area contributed by atoms with Crippen LogP contribution in [0.25, 0.3) is 0 Å². The highest BCUT2D eigenvalue weighted by Crippen LogP contribution is 2.32. The Balaban J connectivity index is 1.70. The molecule has 142 valence electrons. The number of carbonyl (C=O) groups excluding carboxylic acids is 2. The second kappa shape index (κ2) is 7.39. The molecule has 1 unspecified atom stereocenters. The van der Waals surface area contributed by atoms with Gasteiger partial charge in [-0.15, -0.1) is 0 Å². The van der Waals surface area contributed by atoms with Crippen LogP contribution in [0.3, 0.4) is 0 Å². The average molecular weight is 387 g/mol. The Morgan fingerprint density at radius 3 is 2.65 bits per heavy atom. The van der Waals surface area contributed by atoms with Gasteiger partial charge in [0.15, 0.2) is 0 Å². The zero-order valence-corrected chi connectivity index (χ0v) is 15.2. The molecule has 2 saturated heterocycles. The molecule has 2 aliphatic heterocycles. The molecule has 5 nitrogen and oxygen atoms in total. The summed E-state index contributed by atoms with van der Waals surface area (Å²) in [5, 5.41) is 0.479. The fourth-order valence-corrected chi connectivity index (χ4v) is 3.60. The average Bonchev–Trinajstić information content (AvgIpc) is 2.55. The van der Waals surface area contributed by atoms with Gasteiger partial charge in [-0.1, -0.05) is 18.5 Å². The minimum atomic E-state index is -3.06. The standard InChI is InChI=1S/C18H21ClF2N2O3/c1-12-6-7-23(16(24)8-12)14-9-18(20,21)11-22(10-14)17(25)26-15-4-2-13(19)3-5-15/h2-5,12,14H,6-11H2,1H3/t12-,14?/m1/s1. The molecule has 1 aromatic carbocycles. The summed E-state index contributed by atoms with van der Waals surface area (Å²) in [7, 11) is 0. The van der Waals surface area contributed by atoms with Gasteiger partial charge in [0.1, 0.15) is 5.75 Å². The number of rotatable bonds is 2. The van der Waals surface area contributed by atoms with Gasteiger partial charge in [-0.3, -0.25) is 9.69 Å². The first-order valence-corrected chi connectivity index (χ1v) is 9.01. The van der Waals surface area contributed by atoms with E-state index in [0.717, 1.165) is 11.3 Å². The number of hydrogen-bond donors (Lipinski definition) is 0. The van der Waals surface area contributed by atoms with E-state index in [0.29, 0.717) is 18.0 Å². The SMILES string of the molecule is C[C@@H]1CCN(C2CN(C(=O)Oc3ccc(Cl)cc3)CC(F)(F)C2)C(=O)C1. The van der Waals surface area contributed by atoms with E-state index >= 15 is 0 Å². The largest absolute Gasteiger partial charge is 0.415 e. The van der Waals surface area contributed by atoms with E-state index in [2.05, 4.69) is 0 Å². The smallest absolute Gasteiger partial charge is 0.410 e. The van der Waals surface area contributed by atoms with Crippen LogP contribution in [0.1, 0.15) is 26.2 Å². The van der Waals surface area contributed by atoms with Crippen LogP contribution in [0.4, 0.5) is 13.6 Å². The fraction of sp³-hybridized carbons (Fsp3) is 0.556. The molecule has 26 heavy (non-hydrogen) atoms. The summed E-state index contributed by atoms with van der Waals surface area (Å²) in [6.07, 6.45) is -0.146. The predicted molar refractivity (Wildman–Crippen MR) is 92.5 cm³/mol. The molecule has 2 aliphatic rings. The molecule has 2 atom stereocenters.